The van der Waals surface area contributed by atoms with Gasteiger partial charge in [0.05, 0.1) is 4.47 Å². The number of halogens is 2. The molecule has 1 aromatic heterocycles. The zero-order valence-corrected chi connectivity index (χ0v) is 18.1. The van der Waals surface area contributed by atoms with E-state index in [0.29, 0.717) is 31.6 Å². The summed E-state index contributed by atoms with van der Waals surface area (Å²) in [5.41, 5.74) is 1.51. The number of nitrogens with zero attached hydrogens (tertiary/aromatic N) is 3. The number of hydrogen-bond acceptors (Lipinski definition) is 5. The maximum absolute atomic E-state index is 13.3. The molecule has 0 aliphatic carbocycles. The van der Waals surface area contributed by atoms with Gasteiger partial charge in [0, 0.05) is 37.4 Å². The molecule has 1 saturated heterocycles. The second-order valence-electron chi connectivity index (χ2n) is 7.07. The van der Waals surface area contributed by atoms with Gasteiger partial charge in [-0.3, -0.25) is 10.2 Å². The molecular weight excluding hydrogens is 467 g/mol. The number of nitriles is 1. The molecule has 10 heteroatoms. The molecular formula is C21H20BrFN6O2. The lowest BCUT2D eigenvalue weighted by molar-refractivity contribution is -0.117. The van der Waals surface area contributed by atoms with E-state index in [9.17, 15) is 14.0 Å². The van der Waals surface area contributed by atoms with Gasteiger partial charge in [0.15, 0.2) is 5.84 Å². The summed E-state index contributed by atoms with van der Waals surface area (Å²) in [6.45, 7) is 1.07. The number of carbonyl (C=O) groups excluding carboxylic acids is 2. The number of aromatic nitrogens is 1. The Morgan fingerprint density at radius 1 is 1.29 bits per heavy atom. The van der Waals surface area contributed by atoms with Crippen molar-refractivity contribution in [3.05, 3.63) is 58.1 Å². The zero-order chi connectivity index (χ0) is 22.4. The van der Waals surface area contributed by atoms with Crippen molar-refractivity contribution in [1.82, 2.24) is 15.2 Å². The average Bonchev–Trinajstić information content (AvgIpc) is 2.79. The van der Waals surface area contributed by atoms with Gasteiger partial charge in [0.2, 0.25) is 5.78 Å². The molecule has 0 unspecified atom stereocenters. The Kier molecular flexibility index (Phi) is 7.31. The summed E-state index contributed by atoms with van der Waals surface area (Å²) in [4.78, 5) is 30.5. The third kappa shape index (κ3) is 5.86. The minimum Gasteiger partial charge on any atom is -0.338 e. The molecule has 0 saturated carbocycles. The summed E-state index contributed by atoms with van der Waals surface area (Å²) in [7, 11) is 0. The van der Waals surface area contributed by atoms with Gasteiger partial charge in [-0.15, -0.1) is 0 Å². The van der Waals surface area contributed by atoms with Crippen LogP contribution in [0.1, 0.15) is 24.1 Å². The molecule has 0 atom stereocenters. The Morgan fingerprint density at radius 2 is 2.03 bits per heavy atom. The van der Waals surface area contributed by atoms with Gasteiger partial charge in [-0.2, -0.15) is 5.26 Å². The minimum absolute atomic E-state index is 0.243. The molecule has 1 aromatic carbocycles. The van der Waals surface area contributed by atoms with E-state index in [2.05, 4.69) is 31.5 Å². The topological polar surface area (TPSA) is 122 Å². The highest BCUT2D eigenvalue weighted by molar-refractivity contribution is 9.10. The number of piperidine rings is 1. The zero-order valence-electron chi connectivity index (χ0n) is 16.5. The largest absolute Gasteiger partial charge is 0.338 e. The smallest absolute Gasteiger partial charge is 0.317 e. The Bertz CT molecular complexity index is 1050. The van der Waals surface area contributed by atoms with E-state index >= 15 is 0 Å². The molecule has 1 fully saturated rings. The van der Waals surface area contributed by atoms with E-state index in [1.807, 2.05) is 6.07 Å². The molecule has 160 valence electrons. The van der Waals surface area contributed by atoms with Crippen molar-refractivity contribution in [2.24, 2.45) is 5.92 Å². The van der Waals surface area contributed by atoms with Gasteiger partial charge >= 0.3 is 6.03 Å². The van der Waals surface area contributed by atoms with E-state index in [-0.39, 0.29) is 40.3 Å². The summed E-state index contributed by atoms with van der Waals surface area (Å²) < 4.78 is 13.6. The average molecular weight is 487 g/mol. The Labute approximate surface area is 187 Å². The fraction of sp³-hybridized carbons (Fsp3) is 0.286. The number of hydrogen-bond donors (Lipinski definition) is 3. The summed E-state index contributed by atoms with van der Waals surface area (Å²) in [5.74, 6) is -1.37. The summed E-state index contributed by atoms with van der Waals surface area (Å²) >= 11 is 3.07. The van der Waals surface area contributed by atoms with E-state index < -0.39 is 5.82 Å². The minimum atomic E-state index is -0.427. The number of carbonyl (C=O) groups is 2. The predicted octanol–water partition coefficient (Wildman–Crippen LogP) is 3.43. The van der Waals surface area contributed by atoms with Gasteiger partial charge in [-0.1, -0.05) is 0 Å². The lowest BCUT2D eigenvalue weighted by Gasteiger charge is -2.31. The van der Waals surface area contributed by atoms with Crippen LogP contribution in [-0.4, -0.2) is 40.6 Å². The fourth-order valence-corrected chi connectivity index (χ4v) is 3.64. The van der Waals surface area contributed by atoms with Gasteiger partial charge in [-0.05, 0) is 64.7 Å². The van der Waals surface area contributed by atoms with Crippen LogP contribution in [0.4, 0.5) is 14.9 Å². The first-order valence-corrected chi connectivity index (χ1v) is 10.4. The second-order valence-corrected chi connectivity index (χ2v) is 7.93. The number of ketones is 1. The molecule has 3 N–H and O–H groups in total. The maximum Gasteiger partial charge on any atom is 0.317 e. The molecule has 3 rings (SSSR count). The summed E-state index contributed by atoms with van der Waals surface area (Å²) in [6.07, 6.45) is 2.43. The number of amidine groups is 1. The first-order valence-electron chi connectivity index (χ1n) is 9.60. The van der Waals surface area contributed by atoms with Crippen molar-refractivity contribution < 1.29 is 14.0 Å². The standard InChI is InChI=1S/C21H20BrFN6O2/c22-17-10-15(1-2-18(17)23)28-20(25)19(30)14-4-7-29(8-5-14)21(31)27-12-13-3-6-26-16(9-13)11-24/h1-3,6,9-10,14H,4-5,7-8,12H2,(H2,25,28)(H,27,31). The van der Waals surface area contributed by atoms with Crippen molar-refractivity contribution in [1.29, 1.82) is 10.7 Å². The van der Waals surface area contributed by atoms with Crippen molar-refractivity contribution in [2.75, 3.05) is 18.4 Å². The molecule has 0 radical (unpaired) electrons. The van der Waals surface area contributed by atoms with Crippen LogP contribution in [0.2, 0.25) is 0 Å². The van der Waals surface area contributed by atoms with Gasteiger partial charge in [0.25, 0.3) is 0 Å². The number of benzene rings is 1. The van der Waals surface area contributed by atoms with Gasteiger partial charge in [-0.25, -0.2) is 14.2 Å². The van der Waals surface area contributed by atoms with Crippen molar-refractivity contribution in [3.63, 3.8) is 0 Å². The first-order chi connectivity index (χ1) is 14.9. The monoisotopic (exact) mass is 486 g/mol. The quantitative estimate of drug-likeness (QED) is 0.441. The summed E-state index contributed by atoms with van der Waals surface area (Å²) in [6, 6.07) is 9.22. The normalized spacial score (nSPS) is 13.9. The number of rotatable bonds is 5. The van der Waals surface area contributed by atoms with Crippen LogP contribution in [0.15, 0.2) is 41.0 Å². The van der Waals surface area contributed by atoms with E-state index in [4.69, 9.17) is 10.7 Å². The van der Waals surface area contributed by atoms with E-state index in [1.165, 1.54) is 24.4 Å². The van der Waals surface area contributed by atoms with Crippen molar-refractivity contribution >= 4 is 39.3 Å². The van der Waals surface area contributed by atoms with Crippen molar-refractivity contribution in [2.45, 2.75) is 19.4 Å². The van der Waals surface area contributed by atoms with Crippen LogP contribution in [0.25, 0.3) is 0 Å². The Balaban J connectivity index is 1.47. The molecule has 2 heterocycles. The highest BCUT2D eigenvalue weighted by Gasteiger charge is 2.29. The number of amides is 2. The number of urea groups is 1. The van der Waals surface area contributed by atoms with Gasteiger partial charge in [0.1, 0.15) is 17.6 Å². The number of pyridine rings is 1. The molecule has 31 heavy (non-hydrogen) atoms. The Morgan fingerprint density at radius 3 is 2.71 bits per heavy atom. The van der Waals surface area contributed by atoms with E-state index in [0.717, 1.165) is 5.56 Å². The first kappa shape index (κ1) is 22.4. The summed E-state index contributed by atoms with van der Waals surface area (Å²) in [5, 5.41) is 22.4. The maximum atomic E-state index is 13.3. The molecule has 2 aromatic rings. The van der Waals surface area contributed by atoms with Crippen LogP contribution in [-0.2, 0) is 11.3 Å². The molecule has 8 nitrogen and oxygen atoms in total. The van der Waals surface area contributed by atoms with Gasteiger partial charge < -0.3 is 15.5 Å². The number of Topliss-reactive ketones (excluding diaryl/α,β-unsaturated/α-hetero) is 1. The molecule has 0 bridgehead atoms. The number of anilines is 1. The van der Waals surface area contributed by atoms with E-state index in [1.54, 1.807) is 17.0 Å². The van der Waals surface area contributed by atoms with Crippen molar-refractivity contribution in [3.8, 4) is 6.07 Å². The SMILES string of the molecule is N#Cc1cc(CNC(=O)N2CCC(C(=O)C(=N)Nc3ccc(F)c(Br)c3)CC2)ccn1. The third-order valence-corrected chi connectivity index (χ3v) is 5.58. The second kappa shape index (κ2) is 10.1. The third-order valence-electron chi connectivity index (χ3n) is 4.97. The number of likely N-dealkylation sites (tertiary alicyclic amines) is 1. The molecule has 0 spiro atoms. The molecule has 1 aliphatic rings. The molecule has 2 amide bonds. The van der Waals surface area contributed by atoms with Crippen LogP contribution < -0.4 is 10.6 Å². The lowest BCUT2D eigenvalue weighted by atomic mass is 9.92. The van der Waals surface area contributed by atoms with Crippen LogP contribution in [0.3, 0.4) is 0 Å². The highest BCUT2D eigenvalue weighted by atomic mass is 79.9. The van der Waals surface area contributed by atoms with Crippen LogP contribution in [0, 0.1) is 28.5 Å². The predicted molar refractivity (Wildman–Crippen MR) is 116 cm³/mol. The Hall–Kier alpha value is -3.32. The number of nitrogens with one attached hydrogen (secondary N) is 3. The fourth-order valence-electron chi connectivity index (χ4n) is 3.26. The van der Waals surface area contributed by atoms with Crippen LogP contribution in [0.5, 0.6) is 0 Å². The molecule has 1 aliphatic heterocycles. The lowest BCUT2D eigenvalue weighted by Crippen LogP contribution is -2.46. The highest BCUT2D eigenvalue weighted by Crippen LogP contribution is 2.22. The van der Waals surface area contributed by atoms with Crippen LogP contribution >= 0.6 is 15.9 Å².